The number of ether oxygens (including phenoxy) is 1. The summed E-state index contributed by atoms with van der Waals surface area (Å²) in [5, 5.41) is 0. The van der Waals surface area contributed by atoms with Crippen molar-refractivity contribution in [2.45, 2.75) is 18.2 Å². The largest absolute Gasteiger partial charge is 0.573 e. The van der Waals surface area contributed by atoms with Gasteiger partial charge in [-0.1, -0.05) is 12.1 Å². The molecule has 0 amide bonds. The van der Waals surface area contributed by atoms with Crippen LogP contribution in [0.15, 0.2) is 23.1 Å². The SMILES string of the molecule is Cc1cccc(OC(F)(F)F)c1S. The van der Waals surface area contributed by atoms with Gasteiger partial charge in [0.2, 0.25) is 0 Å². The molecule has 0 aromatic heterocycles. The lowest BCUT2D eigenvalue weighted by atomic mass is 10.2. The second-order valence-electron chi connectivity index (χ2n) is 2.47. The van der Waals surface area contributed by atoms with E-state index in [0.717, 1.165) is 0 Å². The van der Waals surface area contributed by atoms with Gasteiger partial charge in [-0.05, 0) is 18.6 Å². The van der Waals surface area contributed by atoms with Crippen LogP contribution in [0, 0.1) is 6.92 Å². The minimum absolute atomic E-state index is 0.208. The maximum atomic E-state index is 11.8. The summed E-state index contributed by atoms with van der Waals surface area (Å²) >= 11 is 3.90. The van der Waals surface area contributed by atoms with Crippen LogP contribution in [-0.2, 0) is 0 Å². The summed E-state index contributed by atoms with van der Waals surface area (Å²) in [6, 6.07) is 4.37. The van der Waals surface area contributed by atoms with Crippen molar-refractivity contribution in [3.8, 4) is 5.75 Å². The number of aryl methyl sites for hydroxylation is 1. The first kappa shape index (κ1) is 10.2. The number of alkyl halides is 3. The molecule has 0 heterocycles. The van der Waals surface area contributed by atoms with E-state index in [1.54, 1.807) is 13.0 Å². The molecule has 0 unspecified atom stereocenters. The van der Waals surface area contributed by atoms with Crippen LogP contribution in [0.2, 0.25) is 0 Å². The lowest BCUT2D eigenvalue weighted by Gasteiger charge is -2.11. The zero-order chi connectivity index (χ0) is 10.1. The van der Waals surface area contributed by atoms with Crippen LogP contribution in [0.5, 0.6) is 5.75 Å². The van der Waals surface area contributed by atoms with Crippen molar-refractivity contribution in [1.82, 2.24) is 0 Å². The van der Waals surface area contributed by atoms with Crippen molar-refractivity contribution in [3.05, 3.63) is 23.8 Å². The van der Waals surface area contributed by atoms with E-state index in [9.17, 15) is 13.2 Å². The van der Waals surface area contributed by atoms with Crippen LogP contribution in [0.25, 0.3) is 0 Å². The Balaban J connectivity index is 2.96. The Bertz CT molecular complexity index is 309. The van der Waals surface area contributed by atoms with Gasteiger partial charge in [0.05, 0.1) is 0 Å². The molecule has 5 heteroatoms. The van der Waals surface area contributed by atoms with Gasteiger partial charge in [0.25, 0.3) is 0 Å². The van der Waals surface area contributed by atoms with Crippen LogP contribution in [0.4, 0.5) is 13.2 Å². The van der Waals surface area contributed by atoms with E-state index in [4.69, 9.17) is 0 Å². The Hall–Kier alpha value is -0.840. The van der Waals surface area contributed by atoms with E-state index < -0.39 is 6.36 Å². The molecule has 0 saturated heterocycles. The minimum Gasteiger partial charge on any atom is -0.405 e. The maximum Gasteiger partial charge on any atom is 0.573 e. The smallest absolute Gasteiger partial charge is 0.405 e. The van der Waals surface area contributed by atoms with Crippen LogP contribution in [0.3, 0.4) is 0 Å². The van der Waals surface area contributed by atoms with Gasteiger partial charge in [-0.2, -0.15) is 0 Å². The molecule has 0 N–H and O–H groups in total. The molecule has 0 radical (unpaired) electrons. The van der Waals surface area contributed by atoms with E-state index in [-0.39, 0.29) is 10.6 Å². The number of rotatable bonds is 1. The highest BCUT2D eigenvalue weighted by molar-refractivity contribution is 7.80. The lowest BCUT2D eigenvalue weighted by Crippen LogP contribution is -2.17. The maximum absolute atomic E-state index is 11.8. The van der Waals surface area contributed by atoms with E-state index in [2.05, 4.69) is 17.4 Å². The number of halogens is 3. The second-order valence-corrected chi connectivity index (χ2v) is 2.92. The molecule has 13 heavy (non-hydrogen) atoms. The molecule has 72 valence electrons. The van der Waals surface area contributed by atoms with Gasteiger partial charge in [0, 0.05) is 4.90 Å². The predicted molar refractivity (Wildman–Crippen MR) is 45.1 cm³/mol. The standard InChI is InChI=1S/C8H7F3OS/c1-5-3-2-4-6(7(5)13)12-8(9,10)11/h2-4,13H,1H3. The van der Waals surface area contributed by atoms with E-state index >= 15 is 0 Å². The van der Waals surface area contributed by atoms with Crippen molar-refractivity contribution in [3.63, 3.8) is 0 Å². The molecule has 1 nitrogen and oxygen atoms in total. The molecule has 0 fully saturated rings. The summed E-state index contributed by atoms with van der Waals surface area (Å²) < 4.78 is 39.1. The van der Waals surface area contributed by atoms with Gasteiger partial charge >= 0.3 is 6.36 Å². The lowest BCUT2D eigenvalue weighted by molar-refractivity contribution is -0.275. The minimum atomic E-state index is -4.66. The topological polar surface area (TPSA) is 9.23 Å². The Labute approximate surface area is 78.9 Å². The molecule has 0 aliphatic heterocycles. The highest BCUT2D eigenvalue weighted by atomic mass is 32.1. The molecular weight excluding hydrogens is 201 g/mol. The first-order valence-corrected chi connectivity index (χ1v) is 3.89. The summed E-state index contributed by atoms with van der Waals surface area (Å²) in [5.74, 6) is -0.268. The molecule has 0 aliphatic rings. The van der Waals surface area contributed by atoms with Crippen LogP contribution < -0.4 is 4.74 Å². The van der Waals surface area contributed by atoms with Gasteiger partial charge in [-0.15, -0.1) is 25.8 Å². The quantitative estimate of drug-likeness (QED) is 0.697. The number of benzene rings is 1. The molecule has 0 aliphatic carbocycles. The van der Waals surface area contributed by atoms with E-state index in [1.807, 2.05) is 0 Å². The van der Waals surface area contributed by atoms with Crippen LogP contribution in [-0.4, -0.2) is 6.36 Å². The average molecular weight is 208 g/mol. The van der Waals surface area contributed by atoms with Gasteiger partial charge < -0.3 is 4.74 Å². The van der Waals surface area contributed by atoms with Crippen molar-refractivity contribution >= 4 is 12.6 Å². The number of hydrogen-bond acceptors (Lipinski definition) is 2. The summed E-state index contributed by atoms with van der Waals surface area (Å²) in [4.78, 5) is 0.208. The first-order chi connectivity index (χ1) is 5.90. The normalized spacial score (nSPS) is 11.5. The molecular formula is C8H7F3OS. The number of hydrogen-bond donors (Lipinski definition) is 1. The number of thiol groups is 1. The third-order valence-electron chi connectivity index (χ3n) is 1.43. The highest BCUT2D eigenvalue weighted by Crippen LogP contribution is 2.30. The third kappa shape index (κ3) is 2.84. The fourth-order valence-electron chi connectivity index (χ4n) is 0.839. The van der Waals surface area contributed by atoms with Crippen molar-refractivity contribution in [1.29, 1.82) is 0 Å². The van der Waals surface area contributed by atoms with Crippen molar-refractivity contribution < 1.29 is 17.9 Å². The Morgan fingerprint density at radius 1 is 1.31 bits per heavy atom. The average Bonchev–Trinajstić information content (AvgIpc) is 1.96. The predicted octanol–water partition coefficient (Wildman–Crippen LogP) is 3.18. The van der Waals surface area contributed by atoms with Crippen molar-refractivity contribution in [2.24, 2.45) is 0 Å². The second kappa shape index (κ2) is 3.49. The summed E-state index contributed by atoms with van der Waals surface area (Å²) in [5.41, 5.74) is 0.644. The highest BCUT2D eigenvalue weighted by Gasteiger charge is 2.31. The molecule has 0 spiro atoms. The van der Waals surface area contributed by atoms with E-state index in [1.165, 1.54) is 12.1 Å². The molecule has 0 saturated carbocycles. The molecule has 0 bridgehead atoms. The van der Waals surface area contributed by atoms with Gasteiger partial charge in [0.1, 0.15) is 5.75 Å². The molecule has 1 aromatic rings. The van der Waals surface area contributed by atoms with Crippen LogP contribution in [0.1, 0.15) is 5.56 Å². The Kier molecular flexibility index (Phi) is 2.75. The van der Waals surface area contributed by atoms with Gasteiger partial charge in [0.15, 0.2) is 0 Å². The first-order valence-electron chi connectivity index (χ1n) is 3.44. The summed E-state index contributed by atoms with van der Waals surface area (Å²) in [6.07, 6.45) is -4.66. The van der Waals surface area contributed by atoms with Crippen LogP contribution >= 0.6 is 12.6 Å². The van der Waals surface area contributed by atoms with Gasteiger partial charge in [-0.3, -0.25) is 0 Å². The van der Waals surface area contributed by atoms with Gasteiger partial charge in [-0.25, -0.2) is 0 Å². The Morgan fingerprint density at radius 3 is 2.46 bits per heavy atom. The monoisotopic (exact) mass is 208 g/mol. The third-order valence-corrected chi connectivity index (χ3v) is 2.00. The molecule has 0 atom stereocenters. The Morgan fingerprint density at radius 2 is 1.92 bits per heavy atom. The summed E-state index contributed by atoms with van der Waals surface area (Å²) in [7, 11) is 0. The summed E-state index contributed by atoms with van der Waals surface area (Å²) in [6.45, 7) is 1.66. The zero-order valence-corrected chi connectivity index (χ0v) is 7.62. The van der Waals surface area contributed by atoms with E-state index in [0.29, 0.717) is 5.56 Å². The molecule has 1 rings (SSSR count). The molecule has 1 aromatic carbocycles. The fraction of sp³-hybridized carbons (Fsp3) is 0.250. The van der Waals surface area contributed by atoms with Crippen molar-refractivity contribution in [2.75, 3.05) is 0 Å². The fourth-order valence-corrected chi connectivity index (χ4v) is 1.03. The zero-order valence-electron chi connectivity index (χ0n) is 6.72.